The molecule has 21 heavy (non-hydrogen) atoms. The molecule has 0 fully saturated rings. The summed E-state index contributed by atoms with van der Waals surface area (Å²) in [6.07, 6.45) is 3.09. The predicted octanol–water partition coefficient (Wildman–Crippen LogP) is 3.86. The number of hydrogen-bond acceptors (Lipinski definition) is 2. The van der Waals surface area contributed by atoms with Crippen molar-refractivity contribution in [2.24, 2.45) is 0 Å². The van der Waals surface area contributed by atoms with Gasteiger partial charge in [-0.1, -0.05) is 26.3 Å². The molecule has 1 aromatic rings. The highest BCUT2D eigenvalue weighted by Gasteiger charge is 2.11. The highest BCUT2D eigenvalue weighted by atomic mass is 16.5. The molecule has 0 unspecified atom stereocenters. The Labute approximate surface area is 128 Å². The molecule has 1 N–H and O–H groups in total. The monoisotopic (exact) mass is 292 g/mol. The van der Waals surface area contributed by atoms with Crippen LogP contribution in [0, 0.1) is 13.8 Å². The Morgan fingerprint density at radius 3 is 2.52 bits per heavy atom. The quantitative estimate of drug-likeness (QED) is 0.739. The van der Waals surface area contributed by atoms with Crippen molar-refractivity contribution in [2.45, 2.75) is 47.0 Å². The smallest absolute Gasteiger partial charge is 0.320 e. The second-order valence-corrected chi connectivity index (χ2v) is 5.36. The molecular formula is C17H28N2O2. The van der Waals surface area contributed by atoms with Crippen molar-refractivity contribution >= 4 is 6.03 Å². The van der Waals surface area contributed by atoms with E-state index in [9.17, 15) is 4.79 Å². The maximum Gasteiger partial charge on any atom is 0.320 e. The number of ether oxygens (including phenoxy) is 1. The third kappa shape index (κ3) is 6.06. The van der Waals surface area contributed by atoms with Crippen LogP contribution in [0.15, 0.2) is 18.2 Å². The molecule has 0 saturated carbocycles. The Balaban J connectivity index is 2.41. The van der Waals surface area contributed by atoms with Crippen LogP contribution in [0.25, 0.3) is 0 Å². The first kappa shape index (κ1) is 17.3. The number of carbonyl (C=O) groups is 1. The fraction of sp³-hybridized carbons (Fsp3) is 0.588. The van der Waals surface area contributed by atoms with E-state index in [1.54, 1.807) is 0 Å². The summed E-state index contributed by atoms with van der Waals surface area (Å²) in [5.74, 6) is 0.786. The molecule has 0 radical (unpaired) electrons. The summed E-state index contributed by atoms with van der Waals surface area (Å²) < 4.78 is 5.59. The van der Waals surface area contributed by atoms with E-state index < -0.39 is 0 Å². The number of hydrogen-bond donors (Lipinski definition) is 1. The number of rotatable bonds is 8. The number of nitrogens with zero attached hydrogens (tertiary/aromatic N) is 1. The van der Waals surface area contributed by atoms with Crippen molar-refractivity contribution in [3.05, 3.63) is 29.3 Å². The maximum atomic E-state index is 12.1. The van der Waals surface area contributed by atoms with Gasteiger partial charge in [-0.05, 0) is 49.9 Å². The summed E-state index contributed by atoms with van der Waals surface area (Å²) in [6, 6.07) is 5.89. The van der Waals surface area contributed by atoms with Gasteiger partial charge in [-0.2, -0.15) is 0 Å². The first-order valence-corrected chi connectivity index (χ1v) is 7.81. The summed E-state index contributed by atoms with van der Waals surface area (Å²) in [5.41, 5.74) is 2.43. The molecule has 0 spiro atoms. The number of benzene rings is 1. The van der Waals surface area contributed by atoms with Crippen molar-refractivity contribution < 1.29 is 9.53 Å². The zero-order chi connectivity index (χ0) is 15.7. The van der Waals surface area contributed by atoms with Crippen molar-refractivity contribution in [2.75, 3.05) is 19.8 Å². The van der Waals surface area contributed by atoms with Crippen molar-refractivity contribution in [1.82, 2.24) is 10.2 Å². The van der Waals surface area contributed by atoms with Gasteiger partial charge in [0.2, 0.25) is 0 Å². The van der Waals surface area contributed by atoms with Crippen LogP contribution in [0.5, 0.6) is 5.75 Å². The van der Waals surface area contributed by atoms with Crippen LogP contribution in [0.3, 0.4) is 0 Å². The fourth-order valence-electron chi connectivity index (χ4n) is 2.03. The van der Waals surface area contributed by atoms with E-state index in [-0.39, 0.29) is 12.8 Å². The number of carbonyl (C=O) groups excluding carboxylic acids is 1. The predicted molar refractivity (Wildman–Crippen MR) is 86.7 cm³/mol. The lowest BCUT2D eigenvalue weighted by Crippen LogP contribution is -2.42. The highest BCUT2D eigenvalue weighted by molar-refractivity contribution is 5.73. The van der Waals surface area contributed by atoms with Crippen LogP contribution in [-0.2, 0) is 0 Å². The molecule has 0 heterocycles. The van der Waals surface area contributed by atoms with Gasteiger partial charge >= 0.3 is 6.03 Å². The highest BCUT2D eigenvalue weighted by Crippen LogP contribution is 2.15. The lowest BCUT2D eigenvalue weighted by atomic mass is 10.1. The summed E-state index contributed by atoms with van der Waals surface area (Å²) >= 11 is 0. The summed E-state index contributed by atoms with van der Waals surface area (Å²) in [5, 5.41) is 2.82. The van der Waals surface area contributed by atoms with Gasteiger partial charge in [0, 0.05) is 13.1 Å². The molecule has 1 rings (SSSR count). The molecule has 1 aromatic carbocycles. The van der Waals surface area contributed by atoms with Gasteiger partial charge in [0.15, 0.2) is 6.73 Å². The van der Waals surface area contributed by atoms with Gasteiger partial charge in [-0.15, -0.1) is 0 Å². The molecule has 0 aliphatic heterocycles. The molecule has 0 bridgehead atoms. The van der Waals surface area contributed by atoms with E-state index in [1.807, 2.05) is 23.1 Å². The topological polar surface area (TPSA) is 41.6 Å². The Morgan fingerprint density at radius 2 is 1.90 bits per heavy atom. The second kappa shape index (κ2) is 9.27. The van der Waals surface area contributed by atoms with Gasteiger partial charge in [0.1, 0.15) is 5.75 Å². The van der Waals surface area contributed by atoms with Gasteiger partial charge in [0.25, 0.3) is 0 Å². The average molecular weight is 292 g/mol. The third-order valence-electron chi connectivity index (χ3n) is 3.50. The van der Waals surface area contributed by atoms with Crippen LogP contribution < -0.4 is 10.1 Å². The first-order chi connectivity index (χ1) is 10.1. The third-order valence-corrected chi connectivity index (χ3v) is 3.50. The van der Waals surface area contributed by atoms with Crippen LogP contribution in [-0.4, -0.2) is 30.8 Å². The van der Waals surface area contributed by atoms with Crippen molar-refractivity contribution in [3.8, 4) is 5.75 Å². The number of amides is 2. The molecule has 4 heteroatoms. The van der Waals surface area contributed by atoms with E-state index in [2.05, 4.69) is 33.0 Å². The van der Waals surface area contributed by atoms with E-state index in [1.165, 1.54) is 11.1 Å². The number of urea groups is 1. The van der Waals surface area contributed by atoms with Crippen LogP contribution >= 0.6 is 0 Å². The number of aryl methyl sites for hydroxylation is 2. The second-order valence-electron chi connectivity index (χ2n) is 5.36. The molecule has 2 amide bonds. The standard InChI is InChI=1S/C17H28N2O2/c1-5-7-11-19(10-6-2)17(20)18-13-21-16-9-8-14(3)15(4)12-16/h8-9,12H,5-7,10-11,13H2,1-4H3,(H,18,20). The minimum atomic E-state index is -0.0471. The van der Waals surface area contributed by atoms with Crippen LogP contribution in [0.1, 0.15) is 44.2 Å². The fourth-order valence-corrected chi connectivity index (χ4v) is 2.03. The van der Waals surface area contributed by atoms with Gasteiger partial charge in [-0.25, -0.2) is 4.79 Å². The van der Waals surface area contributed by atoms with Gasteiger partial charge in [-0.3, -0.25) is 0 Å². The Morgan fingerprint density at radius 1 is 1.14 bits per heavy atom. The number of unbranched alkanes of at least 4 members (excludes halogenated alkanes) is 1. The van der Waals surface area contributed by atoms with Gasteiger partial charge in [0.05, 0.1) is 0 Å². The first-order valence-electron chi connectivity index (χ1n) is 7.81. The molecule has 118 valence electrons. The van der Waals surface area contributed by atoms with E-state index >= 15 is 0 Å². The van der Waals surface area contributed by atoms with E-state index in [0.29, 0.717) is 0 Å². The average Bonchev–Trinajstić information content (AvgIpc) is 2.47. The minimum absolute atomic E-state index is 0.0471. The maximum absolute atomic E-state index is 12.1. The van der Waals surface area contributed by atoms with Gasteiger partial charge < -0.3 is 15.0 Å². The van der Waals surface area contributed by atoms with E-state index in [4.69, 9.17) is 4.74 Å². The zero-order valence-electron chi connectivity index (χ0n) is 13.7. The van der Waals surface area contributed by atoms with Crippen molar-refractivity contribution in [3.63, 3.8) is 0 Å². The summed E-state index contributed by atoms with van der Waals surface area (Å²) in [7, 11) is 0. The van der Waals surface area contributed by atoms with Crippen LogP contribution in [0.4, 0.5) is 4.79 Å². The normalized spacial score (nSPS) is 10.3. The number of nitrogens with one attached hydrogen (secondary N) is 1. The summed E-state index contributed by atoms with van der Waals surface area (Å²) in [6.45, 7) is 10.1. The molecule has 0 saturated heterocycles. The SMILES string of the molecule is CCCCN(CCC)C(=O)NCOc1ccc(C)c(C)c1. The molecule has 0 aliphatic rings. The van der Waals surface area contributed by atoms with E-state index in [0.717, 1.165) is 38.1 Å². The lowest BCUT2D eigenvalue weighted by Gasteiger charge is -2.22. The molecule has 4 nitrogen and oxygen atoms in total. The Bertz CT molecular complexity index is 446. The minimum Gasteiger partial charge on any atom is -0.473 e. The summed E-state index contributed by atoms with van der Waals surface area (Å²) in [4.78, 5) is 13.9. The van der Waals surface area contributed by atoms with Crippen molar-refractivity contribution in [1.29, 1.82) is 0 Å². The lowest BCUT2D eigenvalue weighted by molar-refractivity contribution is 0.183. The Hall–Kier alpha value is -1.71. The molecular weight excluding hydrogens is 264 g/mol. The van der Waals surface area contributed by atoms with Crippen LogP contribution in [0.2, 0.25) is 0 Å². The molecule has 0 atom stereocenters. The Kier molecular flexibility index (Phi) is 7.65. The zero-order valence-corrected chi connectivity index (χ0v) is 13.7. The largest absolute Gasteiger partial charge is 0.473 e. The molecule has 0 aromatic heterocycles. The molecule has 0 aliphatic carbocycles.